The number of pyridine rings is 1. The molecule has 1 aromatic rings. The summed E-state index contributed by atoms with van der Waals surface area (Å²) in [6, 6.07) is 3.93. The van der Waals surface area contributed by atoms with Gasteiger partial charge in [-0.15, -0.1) is 0 Å². The van der Waals surface area contributed by atoms with Crippen LogP contribution in [0.15, 0.2) is 18.3 Å². The van der Waals surface area contributed by atoms with Gasteiger partial charge in [0.15, 0.2) is 0 Å². The number of hydrogen-bond donors (Lipinski definition) is 1. The molecule has 2 fully saturated rings. The minimum Gasteiger partial charge on any atom is -0.376 e. The van der Waals surface area contributed by atoms with Gasteiger partial charge < -0.3 is 24.6 Å². The fraction of sp³-hybridized carbons (Fsp3) is 0.667. The number of piperazine rings is 1. The van der Waals surface area contributed by atoms with Crippen LogP contribution in [0, 0.1) is 0 Å². The van der Waals surface area contributed by atoms with Crippen LogP contribution in [0.3, 0.4) is 0 Å². The number of hydrogen-bond acceptors (Lipinski definition) is 6. The Kier molecular flexibility index (Phi) is 6.61. The second kappa shape index (κ2) is 9.12. The number of carbonyl (C=O) groups excluding carboxylic acids is 1. The fourth-order valence-corrected chi connectivity index (χ4v) is 3.17. The van der Waals surface area contributed by atoms with Crippen molar-refractivity contribution in [2.45, 2.75) is 25.5 Å². The van der Waals surface area contributed by atoms with Gasteiger partial charge in [-0.05, 0) is 26.0 Å². The molecule has 0 aliphatic carbocycles. The smallest absolute Gasteiger partial charge is 0.246 e. The third-order valence-corrected chi connectivity index (χ3v) is 4.71. The normalized spacial score (nSPS) is 21.5. The van der Waals surface area contributed by atoms with Crippen LogP contribution >= 0.6 is 0 Å². The molecule has 1 atom stereocenters. The molecule has 0 spiro atoms. The molecular weight excluding hydrogens is 320 g/mol. The molecule has 25 heavy (non-hydrogen) atoms. The van der Waals surface area contributed by atoms with Crippen molar-refractivity contribution in [3.05, 3.63) is 23.9 Å². The average Bonchev–Trinajstić information content (AvgIpc) is 3.14. The summed E-state index contributed by atoms with van der Waals surface area (Å²) in [6.07, 6.45) is 4.06. The molecule has 7 nitrogen and oxygen atoms in total. The summed E-state index contributed by atoms with van der Waals surface area (Å²) in [5.41, 5.74) is 1.04. The quantitative estimate of drug-likeness (QED) is 0.780. The summed E-state index contributed by atoms with van der Waals surface area (Å²) in [4.78, 5) is 21.1. The monoisotopic (exact) mass is 348 g/mol. The van der Waals surface area contributed by atoms with E-state index in [4.69, 9.17) is 9.47 Å². The summed E-state index contributed by atoms with van der Waals surface area (Å²) in [5.74, 6) is 0.863. The Hall–Kier alpha value is -1.70. The zero-order chi connectivity index (χ0) is 17.5. The number of ether oxygens (including phenoxy) is 2. The lowest BCUT2D eigenvalue weighted by Crippen LogP contribution is -2.45. The third kappa shape index (κ3) is 5.39. The fourth-order valence-electron chi connectivity index (χ4n) is 3.17. The van der Waals surface area contributed by atoms with Crippen molar-refractivity contribution >= 4 is 11.7 Å². The van der Waals surface area contributed by atoms with Crippen molar-refractivity contribution < 1.29 is 14.3 Å². The number of anilines is 1. The van der Waals surface area contributed by atoms with Gasteiger partial charge in [-0.3, -0.25) is 4.79 Å². The van der Waals surface area contributed by atoms with Crippen LogP contribution in [0.5, 0.6) is 0 Å². The summed E-state index contributed by atoms with van der Waals surface area (Å²) >= 11 is 0. The predicted octanol–water partition coefficient (Wildman–Crippen LogP) is 0.645. The van der Waals surface area contributed by atoms with E-state index in [1.54, 1.807) is 0 Å². The van der Waals surface area contributed by atoms with Crippen molar-refractivity contribution in [1.29, 1.82) is 0 Å². The molecule has 1 aromatic heterocycles. The van der Waals surface area contributed by atoms with E-state index in [0.29, 0.717) is 13.2 Å². The van der Waals surface area contributed by atoms with Gasteiger partial charge in [0, 0.05) is 51.1 Å². The van der Waals surface area contributed by atoms with E-state index < -0.39 is 0 Å². The van der Waals surface area contributed by atoms with Gasteiger partial charge in [-0.25, -0.2) is 4.98 Å². The van der Waals surface area contributed by atoms with Crippen LogP contribution in [0.4, 0.5) is 5.82 Å². The molecular formula is C18H28N4O3. The van der Waals surface area contributed by atoms with Gasteiger partial charge >= 0.3 is 0 Å². The molecule has 1 amide bonds. The molecule has 0 unspecified atom stereocenters. The maximum absolute atomic E-state index is 12.0. The topological polar surface area (TPSA) is 66.9 Å². The predicted molar refractivity (Wildman–Crippen MR) is 95.6 cm³/mol. The maximum atomic E-state index is 12.0. The van der Waals surface area contributed by atoms with Crippen molar-refractivity contribution in [2.75, 3.05) is 57.9 Å². The van der Waals surface area contributed by atoms with E-state index in [1.807, 2.05) is 18.3 Å². The van der Waals surface area contributed by atoms with Gasteiger partial charge in [-0.1, -0.05) is 6.07 Å². The summed E-state index contributed by atoms with van der Waals surface area (Å²) < 4.78 is 10.9. The Morgan fingerprint density at radius 2 is 2.24 bits per heavy atom. The Balaban J connectivity index is 1.45. The molecule has 7 heteroatoms. The first-order valence-corrected chi connectivity index (χ1v) is 9.06. The summed E-state index contributed by atoms with van der Waals surface area (Å²) in [5, 5.41) is 2.93. The minimum absolute atomic E-state index is 0.0734. The average molecular weight is 348 g/mol. The Morgan fingerprint density at radius 1 is 1.40 bits per heavy atom. The van der Waals surface area contributed by atoms with E-state index in [0.717, 1.165) is 57.0 Å². The molecule has 1 N–H and O–H groups in total. The maximum Gasteiger partial charge on any atom is 0.246 e. The van der Waals surface area contributed by atoms with Gasteiger partial charge in [0.2, 0.25) is 5.91 Å². The van der Waals surface area contributed by atoms with Crippen LogP contribution in [0.25, 0.3) is 0 Å². The zero-order valence-electron chi connectivity index (χ0n) is 14.9. The van der Waals surface area contributed by atoms with Gasteiger partial charge in [-0.2, -0.15) is 0 Å². The summed E-state index contributed by atoms with van der Waals surface area (Å²) in [7, 11) is 2.13. The molecule has 2 aliphatic heterocycles. The van der Waals surface area contributed by atoms with E-state index in [2.05, 4.69) is 27.1 Å². The first-order valence-electron chi connectivity index (χ1n) is 9.06. The minimum atomic E-state index is -0.105. The number of rotatable bonds is 7. The molecule has 0 radical (unpaired) electrons. The second-order valence-electron chi connectivity index (χ2n) is 6.70. The molecule has 0 aromatic carbocycles. The Bertz CT molecular complexity index is 555. The molecule has 2 saturated heterocycles. The lowest BCUT2D eigenvalue weighted by atomic mass is 10.2. The van der Waals surface area contributed by atoms with Gasteiger partial charge in [0.1, 0.15) is 12.4 Å². The molecule has 138 valence electrons. The van der Waals surface area contributed by atoms with Crippen LogP contribution in [0.1, 0.15) is 18.4 Å². The number of likely N-dealkylation sites (N-methyl/N-ethyl adjacent to an activating group) is 1. The van der Waals surface area contributed by atoms with Crippen molar-refractivity contribution in [2.24, 2.45) is 0 Å². The lowest BCUT2D eigenvalue weighted by molar-refractivity contribution is -0.127. The number of nitrogens with one attached hydrogen (secondary N) is 1. The van der Waals surface area contributed by atoms with Crippen LogP contribution < -0.4 is 10.2 Å². The standard InChI is InChI=1S/C18H28N4O3/c1-21-7-9-22(10-8-21)18-15(4-2-6-19-18)12-20-17(23)14-24-13-16-5-3-11-25-16/h2,4,6,16H,3,5,7-14H2,1H3,(H,20,23)/t16-/m0/s1. The molecule has 3 heterocycles. The largest absolute Gasteiger partial charge is 0.376 e. The first-order chi connectivity index (χ1) is 12.2. The first kappa shape index (κ1) is 18.1. The SMILES string of the molecule is CN1CCN(c2ncccc2CNC(=O)COC[C@@H]2CCCO2)CC1. The van der Waals surface area contributed by atoms with Crippen LogP contribution in [-0.2, 0) is 20.8 Å². The Morgan fingerprint density at radius 3 is 3.00 bits per heavy atom. The van der Waals surface area contributed by atoms with Crippen LogP contribution in [-0.4, -0.2) is 74.9 Å². The van der Waals surface area contributed by atoms with Gasteiger partial charge in [0.05, 0.1) is 12.7 Å². The number of carbonyl (C=O) groups is 1. The van der Waals surface area contributed by atoms with E-state index in [1.165, 1.54) is 0 Å². The van der Waals surface area contributed by atoms with Crippen molar-refractivity contribution in [1.82, 2.24) is 15.2 Å². The molecule has 2 aliphatic rings. The highest BCUT2D eigenvalue weighted by Crippen LogP contribution is 2.18. The van der Waals surface area contributed by atoms with Gasteiger partial charge in [0.25, 0.3) is 0 Å². The van der Waals surface area contributed by atoms with E-state index >= 15 is 0 Å². The zero-order valence-corrected chi connectivity index (χ0v) is 14.9. The highest BCUT2D eigenvalue weighted by atomic mass is 16.5. The highest BCUT2D eigenvalue weighted by Gasteiger charge is 2.19. The third-order valence-electron chi connectivity index (χ3n) is 4.71. The van der Waals surface area contributed by atoms with Crippen LogP contribution in [0.2, 0.25) is 0 Å². The lowest BCUT2D eigenvalue weighted by Gasteiger charge is -2.34. The molecule has 3 rings (SSSR count). The Labute approximate surface area is 149 Å². The molecule has 0 saturated carbocycles. The number of aromatic nitrogens is 1. The van der Waals surface area contributed by atoms with E-state index in [-0.39, 0.29) is 18.6 Å². The molecule has 0 bridgehead atoms. The highest BCUT2D eigenvalue weighted by molar-refractivity contribution is 5.77. The number of amides is 1. The van der Waals surface area contributed by atoms with E-state index in [9.17, 15) is 4.79 Å². The number of nitrogens with zero attached hydrogens (tertiary/aromatic N) is 3. The van der Waals surface area contributed by atoms with Crippen molar-refractivity contribution in [3.63, 3.8) is 0 Å². The van der Waals surface area contributed by atoms with Crippen molar-refractivity contribution in [3.8, 4) is 0 Å². The second-order valence-corrected chi connectivity index (χ2v) is 6.70. The summed E-state index contributed by atoms with van der Waals surface area (Å²) in [6.45, 7) is 5.81.